The fraction of sp³-hybridized carbons (Fsp3) is 0.333. The van der Waals surface area contributed by atoms with Gasteiger partial charge in [-0.05, 0) is 60.3 Å². The molecule has 1 aromatic heterocycles. The Kier molecular flexibility index (Phi) is 8.26. The summed E-state index contributed by atoms with van der Waals surface area (Å²) in [7, 11) is 3.79. The number of rotatable bonds is 8. The quantitative estimate of drug-likeness (QED) is 0.399. The van der Waals surface area contributed by atoms with Gasteiger partial charge in [-0.15, -0.1) is 0 Å². The number of aromatic nitrogens is 1. The van der Waals surface area contributed by atoms with E-state index < -0.39 is 29.6 Å². The Bertz CT molecular complexity index is 1320. The number of carbonyl (C=O) groups is 3. The molecule has 3 aromatic rings. The molecule has 1 aliphatic rings. The van der Waals surface area contributed by atoms with E-state index in [-0.39, 0.29) is 28.0 Å². The van der Waals surface area contributed by atoms with E-state index in [2.05, 4.69) is 9.69 Å². The van der Waals surface area contributed by atoms with E-state index in [4.69, 9.17) is 11.5 Å². The fourth-order valence-electron chi connectivity index (χ4n) is 4.65. The number of hydrogen-bond donors (Lipinski definition) is 3. The van der Waals surface area contributed by atoms with Gasteiger partial charge in [-0.3, -0.25) is 19.3 Å². The lowest BCUT2D eigenvalue weighted by atomic mass is 9.94. The Balaban J connectivity index is 1.84. The summed E-state index contributed by atoms with van der Waals surface area (Å²) in [6.07, 6.45) is 4.81. The number of nitrogens with two attached hydrogens (primary N) is 2. The summed E-state index contributed by atoms with van der Waals surface area (Å²) >= 11 is 0.707. The van der Waals surface area contributed by atoms with E-state index >= 15 is 0 Å². The van der Waals surface area contributed by atoms with Gasteiger partial charge in [-0.25, -0.2) is 4.39 Å². The smallest absolute Gasteiger partial charge is 0.273 e. The second kappa shape index (κ2) is 11.6. The second-order valence-electron chi connectivity index (χ2n) is 9.53. The van der Waals surface area contributed by atoms with Crippen LogP contribution < -0.4 is 26.6 Å². The molecule has 4 rings (SSSR count). The minimum Gasteiger partial charge on any atom is -0.395 e. The zero-order chi connectivity index (χ0) is 27.4. The first kappa shape index (κ1) is 27.1. The van der Waals surface area contributed by atoms with Crippen LogP contribution in [-0.4, -0.2) is 42.2 Å². The zero-order valence-electron chi connectivity index (χ0n) is 21.3. The minimum atomic E-state index is -1.15. The molecule has 5 N–H and O–H groups in total. The molecule has 1 heterocycles. The van der Waals surface area contributed by atoms with Gasteiger partial charge in [0.1, 0.15) is 16.7 Å². The topological polar surface area (TPSA) is 135 Å². The molecule has 200 valence electrons. The molecule has 0 bridgehead atoms. The number of nitrogen functional groups attached to an aromatic ring is 1. The third-order valence-electron chi connectivity index (χ3n) is 6.64. The predicted octanol–water partition coefficient (Wildman–Crippen LogP) is 3.87. The lowest BCUT2D eigenvalue weighted by Gasteiger charge is -2.33. The molecule has 9 nitrogen and oxygen atoms in total. The molecule has 11 heteroatoms. The van der Waals surface area contributed by atoms with Crippen LogP contribution in [0, 0.1) is 5.82 Å². The molecule has 2 aromatic carbocycles. The van der Waals surface area contributed by atoms with Gasteiger partial charge in [-0.1, -0.05) is 37.5 Å². The summed E-state index contributed by atoms with van der Waals surface area (Å²) < 4.78 is 18.4. The van der Waals surface area contributed by atoms with Gasteiger partial charge in [0, 0.05) is 31.5 Å². The number of primary amides is 1. The van der Waals surface area contributed by atoms with Gasteiger partial charge >= 0.3 is 0 Å². The molecule has 1 saturated carbocycles. The molecule has 0 unspecified atom stereocenters. The molecular weight excluding hydrogens is 507 g/mol. The van der Waals surface area contributed by atoms with Crippen LogP contribution in [0.25, 0.3) is 0 Å². The number of hydrogen-bond acceptors (Lipinski definition) is 7. The van der Waals surface area contributed by atoms with E-state index in [0.29, 0.717) is 17.1 Å². The Morgan fingerprint density at radius 2 is 1.74 bits per heavy atom. The van der Waals surface area contributed by atoms with E-state index in [9.17, 15) is 18.8 Å². The average molecular weight is 539 g/mol. The van der Waals surface area contributed by atoms with Crippen LogP contribution >= 0.6 is 11.5 Å². The molecule has 0 aliphatic heterocycles. The van der Waals surface area contributed by atoms with Gasteiger partial charge in [0.25, 0.3) is 11.8 Å². The summed E-state index contributed by atoms with van der Waals surface area (Å²) in [5, 5.41) is 3.11. The number of anilines is 3. The van der Waals surface area contributed by atoms with Crippen LogP contribution in [0.4, 0.5) is 21.5 Å². The van der Waals surface area contributed by atoms with E-state index in [1.165, 1.54) is 23.1 Å². The number of nitrogens with zero attached hydrogens (tertiary/aromatic N) is 3. The number of carbonyl (C=O) groups excluding carboxylic acids is 3. The maximum Gasteiger partial charge on any atom is 0.273 e. The van der Waals surface area contributed by atoms with Crippen molar-refractivity contribution in [3.63, 3.8) is 0 Å². The van der Waals surface area contributed by atoms with Crippen LogP contribution in [-0.2, 0) is 4.79 Å². The summed E-state index contributed by atoms with van der Waals surface area (Å²) in [4.78, 5) is 42.8. The lowest BCUT2D eigenvalue weighted by Crippen LogP contribution is -2.47. The van der Waals surface area contributed by atoms with Crippen LogP contribution in [0.5, 0.6) is 0 Å². The SMILES string of the molecule is CN(C)c1ccc([C@H](C(=O)NC2CCCCC2)N(C(=O)c2snc(C(N)=O)c2N)c2cccc(F)c2)cc1. The molecule has 1 aliphatic carbocycles. The Morgan fingerprint density at radius 3 is 2.32 bits per heavy atom. The first-order chi connectivity index (χ1) is 18.2. The molecule has 38 heavy (non-hydrogen) atoms. The van der Waals surface area contributed by atoms with E-state index in [0.717, 1.165) is 37.8 Å². The first-order valence-electron chi connectivity index (χ1n) is 12.4. The maximum atomic E-state index is 14.4. The van der Waals surface area contributed by atoms with Crippen molar-refractivity contribution in [3.05, 3.63) is 70.5 Å². The fourth-order valence-corrected chi connectivity index (χ4v) is 5.39. The standard InChI is InChI=1S/C27H31FN6O3S/c1-33(2)19-13-11-16(12-14-19)23(26(36)31-18-8-4-3-5-9-18)34(20-10-6-7-17(28)15-20)27(37)24-21(29)22(25(30)35)32-38-24/h6-7,10-15,18,23H,3-5,8-9,29H2,1-2H3,(H2,30,35)(H,31,36)/t23-/m1/s1. The maximum absolute atomic E-state index is 14.4. The van der Waals surface area contributed by atoms with Crippen molar-refractivity contribution in [1.82, 2.24) is 9.69 Å². The number of amides is 3. The molecule has 1 fully saturated rings. The van der Waals surface area contributed by atoms with Crippen LogP contribution in [0.1, 0.15) is 63.9 Å². The third-order valence-corrected chi connectivity index (χ3v) is 7.50. The largest absolute Gasteiger partial charge is 0.395 e. The Hall–Kier alpha value is -3.99. The summed E-state index contributed by atoms with van der Waals surface area (Å²) in [5.74, 6) is -2.55. The molecule has 0 saturated heterocycles. The molecular formula is C27H31FN6O3S. The van der Waals surface area contributed by atoms with Crippen molar-refractivity contribution in [3.8, 4) is 0 Å². The van der Waals surface area contributed by atoms with E-state index in [1.807, 2.05) is 31.1 Å². The second-order valence-corrected chi connectivity index (χ2v) is 10.3. The van der Waals surface area contributed by atoms with Crippen molar-refractivity contribution in [2.45, 2.75) is 44.2 Å². The highest BCUT2D eigenvalue weighted by Gasteiger charge is 2.37. The van der Waals surface area contributed by atoms with Crippen LogP contribution in [0.2, 0.25) is 0 Å². The highest BCUT2D eigenvalue weighted by Crippen LogP contribution is 2.34. The summed E-state index contributed by atoms with van der Waals surface area (Å²) in [6, 6.07) is 11.5. The lowest BCUT2D eigenvalue weighted by molar-refractivity contribution is -0.123. The third kappa shape index (κ3) is 5.77. The first-order valence-corrected chi connectivity index (χ1v) is 13.2. The molecule has 3 amide bonds. The minimum absolute atomic E-state index is 0.0285. The Labute approximate surface area is 224 Å². The van der Waals surface area contributed by atoms with E-state index in [1.54, 1.807) is 18.2 Å². The monoisotopic (exact) mass is 538 g/mol. The highest BCUT2D eigenvalue weighted by molar-refractivity contribution is 7.09. The number of halogens is 1. The van der Waals surface area contributed by atoms with Crippen molar-refractivity contribution in [2.24, 2.45) is 5.73 Å². The summed E-state index contributed by atoms with van der Waals surface area (Å²) in [5.41, 5.74) is 12.6. The predicted molar refractivity (Wildman–Crippen MR) is 147 cm³/mol. The van der Waals surface area contributed by atoms with Gasteiger partial charge in [-0.2, -0.15) is 4.37 Å². The van der Waals surface area contributed by atoms with Gasteiger partial charge in [0.05, 0.1) is 5.69 Å². The van der Waals surface area contributed by atoms with Gasteiger partial charge < -0.3 is 21.7 Å². The summed E-state index contributed by atoms with van der Waals surface area (Å²) in [6.45, 7) is 0. The van der Waals surface area contributed by atoms with Crippen LogP contribution in [0.3, 0.4) is 0 Å². The normalized spacial score (nSPS) is 14.5. The number of benzene rings is 2. The van der Waals surface area contributed by atoms with Crippen molar-refractivity contribution in [2.75, 3.05) is 29.6 Å². The molecule has 0 spiro atoms. The average Bonchev–Trinajstić information content (AvgIpc) is 3.29. The highest BCUT2D eigenvalue weighted by atomic mass is 32.1. The van der Waals surface area contributed by atoms with Crippen LogP contribution in [0.15, 0.2) is 48.5 Å². The molecule has 0 radical (unpaired) electrons. The van der Waals surface area contributed by atoms with Crippen molar-refractivity contribution in [1.29, 1.82) is 0 Å². The zero-order valence-corrected chi connectivity index (χ0v) is 22.1. The van der Waals surface area contributed by atoms with Crippen molar-refractivity contribution >= 4 is 46.3 Å². The van der Waals surface area contributed by atoms with Gasteiger partial charge in [0.2, 0.25) is 5.91 Å². The van der Waals surface area contributed by atoms with Crippen molar-refractivity contribution < 1.29 is 18.8 Å². The number of nitrogens with one attached hydrogen (secondary N) is 1. The Morgan fingerprint density at radius 1 is 1.05 bits per heavy atom. The molecule has 1 atom stereocenters. The van der Waals surface area contributed by atoms with Gasteiger partial charge in [0.15, 0.2) is 5.69 Å².